The first-order valence-electron chi connectivity index (χ1n) is 3.39. The third-order valence-corrected chi connectivity index (χ3v) is 1.69. The van der Waals surface area contributed by atoms with Gasteiger partial charge < -0.3 is 5.11 Å². The van der Waals surface area contributed by atoms with Crippen molar-refractivity contribution < 1.29 is 13.9 Å². The van der Waals surface area contributed by atoms with Crippen LogP contribution in [0.2, 0.25) is 5.02 Å². The van der Waals surface area contributed by atoms with E-state index < -0.39 is 11.6 Å². The zero-order chi connectivity index (χ0) is 9.14. The summed E-state index contributed by atoms with van der Waals surface area (Å²) in [5.74, 6) is -1.43. The van der Waals surface area contributed by atoms with Gasteiger partial charge in [-0.2, -0.15) is 0 Å². The third-order valence-electron chi connectivity index (χ3n) is 1.47. The maximum absolute atomic E-state index is 12.9. The first kappa shape index (κ1) is 9.42. The van der Waals surface area contributed by atoms with E-state index >= 15 is 0 Å². The Morgan fingerprint density at radius 3 is 2.17 bits per heavy atom. The van der Waals surface area contributed by atoms with Gasteiger partial charge in [-0.15, -0.1) is 0 Å². The molecule has 4 heteroatoms. The van der Waals surface area contributed by atoms with Gasteiger partial charge in [-0.25, -0.2) is 8.78 Å². The second-order valence-electron chi connectivity index (χ2n) is 2.32. The highest BCUT2D eigenvalue weighted by Crippen LogP contribution is 2.18. The largest absolute Gasteiger partial charge is 0.396 e. The van der Waals surface area contributed by atoms with E-state index in [1.54, 1.807) is 0 Å². The quantitative estimate of drug-likeness (QED) is 0.762. The Labute approximate surface area is 73.6 Å². The van der Waals surface area contributed by atoms with Crippen LogP contribution in [0.4, 0.5) is 8.78 Å². The fraction of sp³-hybridized carbons (Fsp3) is 0.250. The van der Waals surface area contributed by atoms with Gasteiger partial charge in [0.2, 0.25) is 0 Å². The summed E-state index contributed by atoms with van der Waals surface area (Å²) < 4.78 is 25.7. The molecule has 0 aliphatic rings. The zero-order valence-electron chi connectivity index (χ0n) is 6.15. The molecule has 1 nitrogen and oxygen atoms in total. The minimum absolute atomic E-state index is 0.0201. The van der Waals surface area contributed by atoms with E-state index in [1.165, 1.54) is 0 Å². The third kappa shape index (κ3) is 1.93. The number of aliphatic hydroxyl groups excluding tert-OH is 1. The molecule has 0 atom stereocenters. The summed E-state index contributed by atoms with van der Waals surface area (Å²) in [5, 5.41) is 8.49. The van der Waals surface area contributed by atoms with Gasteiger partial charge in [-0.05, 0) is 12.1 Å². The summed E-state index contributed by atoms with van der Waals surface area (Å²) in [7, 11) is 0. The molecule has 0 aliphatic heterocycles. The highest BCUT2D eigenvalue weighted by molar-refractivity contribution is 6.30. The predicted molar refractivity (Wildman–Crippen MR) is 42.2 cm³/mol. The van der Waals surface area contributed by atoms with Gasteiger partial charge in [-0.3, -0.25) is 0 Å². The van der Waals surface area contributed by atoms with Crippen molar-refractivity contribution in [1.82, 2.24) is 0 Å². The summed E-state index contributed by atoms with van der Waals surface area (Å²) in [5.41, 5.74) is -0.123. The van der Waals surface area contributed by atoms with Crippen molar-refractivity contribution in [2.24, 2.45) is 0 Å². The number of aliphatic hydroxyl groups is 1. The van der Waals surface area contributed by atoms with Crippen LogP contribution in [-0.2, 0) is 6.42 Å². The van der Waals surface area contributed by atoms with E-state index in [0.717, 1.165) is 12.1 Å². The van der Waals surface area contributed by atoms with Crippen molar-refractivity contribution in [2.45, 2.75) is 6.42 Å². The van der Waals surface area contributed by atoms with E-state index in [9.17, 15) is 8.78 Å². The van der Waals surface area contributed by atoms with Gasteiger partial charge in [0.15, 0.2) is 0 Å². The lowest BCUT2D eigenvalue weighted by atomic mass is 10.1. The van der Waals surface area contributed by atoms with Crippen molar-refractivity contribution >= 4 is 11.6 Å². The van der Waals surface area contributed by atoms with Crippen LogP contribution in [0.15, 0.2) is 12.1 Å². The van der Waals surface area contributed by atoms with Crippen molar-refractivity contribution in [2.75, 3.05) is 6.61 Å². The van der Waals surface area contributed by atoms with Gasteiger partial charge in [0.05, 0.1) is 0 Å². The van der Waals surface area contributed by atoms with Crippen molar-refractivity contribution in [3.8, 4) is 0 Å². The number of hydrogen-bond acceptors (Lipinski definition) is 1. The Balaban J connectivity index is 3.10. The Kier molecular flexibility index (Phi) is 3.00. The maximum Gasteiger partial charge on any atom is 0.130 e. The summed E-state index contributed by atoms with van der Waals surface area (Å²) in [6.07, 6.45) is -0.0329. The van der Waals surface area contributed by atoms with E-state index in [1.807, 2.05) is 0 Å². The molecule has 0 saturated carbocycles. The summed E-state index contributed by atoms with van der Waals surface area (Å²) in [4.78, 5) is 0. The molecule has 1 N–H and O–H groups in total. The number of halogens is 3. The van der Waals surface area contributed by atoms with Gasteiger partial charge in [-0.1, -0.05) is 11.6 Å². The van der Waals surface area contributed by atoms with Crippen LogP contribution in [-0.4, -0.2) is 11.7 Å². The van der Waals surface area contributed by atoms with Crippen LogP contribution in [0.25, 0.3) is 0 Å². The first-order chi connectivity index (χ1) is 5.65. The Morgan fingerprint density at radius 2 is 1.75 bits per heavy atom. The molecule has 0 unspecified atom stereocenters. The van der Waals surface area contributed by atoms with Crippen LogP contribution in [0.5, 0.6) is 0 Å². The topological polar surface area (TPSA) is 20.2 Å². The highest BCUT2D eigenvalue weighted by Gasteiger charge is 2.09. The van der Waals surface area contributed by atoms with E-state index in [4.69, 9.17) is 16.7 Å². The maximum atomic E-state index is 12.9. The lowest BCUT2D eigenvalue weighted by molar-refractivity contribution is 0.295. The smallest absolute Gasteiger partial charge is 0.130 e. The molecule has 1 rings (SSSR count). The molecule has 1 aromatic carbocycles. The molecule has 0 bridgehead atoms. The molecule has 0 spiro atoms. The molecule has 66 valence electrons. The lowest BCUT2D eigenvalue weighted by Gasteiger charge is -2.02. The SMILES string of the molecule is OCCc1c(F)cc(Cl)cc1F. The number of benzene rings is 1. The zero-order valence-corrected chi connectivity index (χ0v) is 6.91. The van der Waals surface area contributed by atoms with Crippen molar-refractivity contribution in [3.63, 3.8) is 0 Å². The Bertz CT molecular complexity index is 265. The summed E-state index contributed by atoms with van der Waals surface area (Å²) in [6, 6.07) is 2.05. The molecule has 0 heterocycles. The standard InChI is InChI=1S/C8H7ClF2O/c9-5-3-7(10)6(1-2-12)8(11)4-5/h3-4,12H,1-2H2. The molecule has 0 aromatic heterocycles. The minimum Gasteiger partial charge on any atom is -0.396 e. The van der Waals surface area contributed by atoms with Crippen LogP contribution >= 0.6 is 11.6 Å². The van der Waals surface area contributed by atoms with E-state index in [0.29, 0.717) is 0 Å². The van der Waals surface area contributed by atoms with E-state index in [2.05, 4.69) is 0 Å². The average Bonchev–Trinajstić information content (AvgIpc) is 1.96. The lowest BCUT2D eigenvalue weighted by Crippen LogP contribution is -1.98. The molecule has 0 fully saturated rings. The van der Waals surface area contributed by atoms with Crippen molar-refractivity contribution in [3.05, 3.63) is 34.4 Å². The molecule has 0 aliphatic carbocycles. The monoisotopic (exact) mass is 192 g/mol. The van der Waals surface area contributed by atoms with Crippen molar-refractivity contribution in [1.29, 1.82) is 0 Å². The molecular formula is C8H7ClF2O. The van der Waals surface area contributed by atoms with Gasteiger partial charge >= 0.3 is 0 Å². The molecule has 0 saturated heterocycles. The number of hydrogen-bond donors (Lipinski definition) is 1. The molecule has 12 heavy (non-hydrogen) atoms. The molecule has 0 amide bonds. The normalized spacial score (nSPS) is 10.3. The first-order valence-corrected chi connectivity index (χ1v) is 3.77. The van der Waals surface area contributed by atoms with Crippen LogP contribution in [0.3, 0.4) is 0 Å². The molecular weight excluding hydrogens is 186 g/mol. The second kappa shape index (κ2) is 3.83. The second-order valence-corrected chi connectivity index (χ2v) is 2.76. The Morgan fingerprint density at radius 1 is 1.25 bits per heavy atom. The predicted octanol–water partition coefficient (Wildman–Crippen LogP) is 2.15. The number of rotatable bonds is 2. The van der Waals surface area contributed by atoms with Crippen LogP contribution in [0.1, 0.15) is 5.56 Å². The fourth-order valence-electron chi connectivity index (χ4n) is 0.923. The van der Waals surface area contributed by atoms with Crippen LogP contribution in [0, 0.1) is 11.6 Å². The summed E-state index contributed by atoms with van der Waals surface area (Å²) >= 11 is 5.38. The highest BCUT2D eigenvalue weighted by atomic mass is 35.5. The fourth-order valence-corrected chi connectivity index (χ4v) is 1.11. The minimum atomic E-state index is -0.714. The molecule has 1 aromatic rings. The van der Waals surface area contributed by atoms with Gasteiger partial charge in [0, 0.05) is 23.6 Å². The summed E-state index contributed by atoms with van der Waals surface area (Å²) in [6.45, 7) is -0.282. The van der Waals surface area contributed by atoms with Crippen LogP contribution < -0.4 is 0 Å². The molecule has 0 radical (unpaired) electrons. The van der Waals surface area contributed by atoms with E-state index in [-0.39, 0.29) is 23.6 Å². The Hall–Kier alpha value is -0.670. The van der Waals surface area contributed by atoms with Gasteiger partial charge in [0.1, 0.15) is 11.6 Å². The average molecular weight is 193 g/mol. The van der Waals surface area contributed by atoms with Gasteiger partial charge in [0.25, 0.3) is 0 Å².